The van der Waals surface area contributed by atoms with Crippen molar-refractivity contribution in [2.75, 3.05) is 26.2 Å². The van der Waals surface area contributed by atoms with Crippen molar-refractivity contribution in [1.82, 2.24) is 9.80 Å². The highest BCUT2D eigenvalue weighted by molar-refractivity contribution is 5.95. The number of carbonyl (C=O) groups excluding carboxylic acids is 2. The summed E-state index contributed by atoms with van der Waals surface area (Å²) in [4.78, 5) is 28.2. The Kier molecular flexibility index (Phi) is 4.94. The minimum atomic E-state index is 0.0383. The Bertz CT molecular complexity index is 719. The molecule has 1 aliphatic rings. The van der Waals surface area contributed by atoms with Gasteiger partial charge in [-0.25, -0.2) is 0 Å². The van der Waals surface area contributed by atoms with E-state index in [1.807, 2.05) is 71.3 Å². The van der Waals surface area contributed by atoms with Gasteiger partial charge in [0.05, 0.1) is 0 Å². The first-order valence-corrected chi connectivity index (χ1v) is 8.41. The van der Waals surface area contributed by atoms with Crippen LogP contribution in [0.15, 0.2) is 54.6 Å². The highest BCUT2D eigenvalue weighted by Crippen LogP contribution is 2.21. The van der Waals surface area contributed by atoms with E-state index in [1.54, 1.807) is 0 Å². The Hall–Kier alpha value is -2.62. The normalized spacial score (nSPS) is 14.5. The van der Waals surface area contributed by atoms with Crippen molar-refractivity contribution < 1.29 is 9.59 Å². The van der Waals surface area contributed by atoms with E-state index in [0.717, 1.165) is 11.1 Å². The van der Waals surface area contributed by atoms with Crippen molar-refractivity contribution in [2.24, 2.45) is 0 Å². The van der Waals surface area contributed by atoms with Crippen LogP contribution in [0.3, 0.4) is 0 Å². The van der Waals surface area contributed by atoms with Crippen LogP contribution >= 0.6 is 0 Å². The third-order valence-corrected chi connectivity index (χ3v) is 4.44. The number of hydrogen-bond acceptors (Lipinski definition) is 2. The first-order valence-electron chi connectivity index (χ1n) is 8.41. The average molecular weight is 322 g/mol. The van der Waals surface area contributed by atoms with E-state index >= 15 is 0 Å². The third kappa shape index (κ3) is 3.48. The zero-order valence-corrected chi connectivity index (χ0v) is 13.9. The maximum absolute atomic E-state index is 12.8. The van der Waals surface area contributed by atoms with Gasteiger partial charge in [0.2, 0.25) is 5.91 Å². The summed E-state index contributed by atoms with van der Waals surface area (Å²) in [5.74, 6) is 0.199. The van der Waals surface area contributed by atoms with Crippen LogP contribution in [0.1, 0.15) is 23.7 Å². The topological polar surface area (TPSA) is 40.6 Å². The fourth-order valence-corrected chi connectivity index (χ4v) is 3.03. The fraction of sp³-hybridized carbons (Fsp3) is 0.300. The Morgan fingerprint density at radius 2 is 1.46 bits per heavy atom. The largest absolute Gasteiger partial charge is 0.339 e. The van der Waals surface area contributed by atoms with Crippen molar-refractivity contribution in [3.63, 3.8) is 0 Å². The van der Waals surface area contributed by atoms with Crippen LogP contribution in [-0.4, -0.2) is 47.8 Å². The summed E-state index contributed by atoms with van der Waals surface area (Å²) in [7, 11) is 0. The molecule has 0 atom stereocenters. The maximum Gasteiger partial charge on any atom is 0.253 e. The molecule has 0 aromatic heterocycles. The molecule has 2 aromatic carbocycles. The fourth-order valence-electron chi connectivity index (χ4n) is 3.03. The molecule has 0 radical (unpaired) electrons. The van der Waals surface area contributed by atoms with Crippen molar-refractivity contribution >= 4 is 11.8 Å². The number of piperazine rings is 1. The molecule has 0 spiro atoms. The predicted molar refractivity (Wildman–Crippen MR) is 94.7 cm³/mol. The number of hydrogen-bond donors (Lipinski definition) is 0. The van der Waals surface area contributed by atoms with Crippen molar-refractivity contribution in [1.29, 1.82) is 0 Å². The number of carbonyl (C=O) groups is 2. The van der Waals surface area contributed by atoms with Crippen LogP contribution in [0.2, 0.25) is 0 Å². The van der Waals surface area contributed by atoms with Crippen LogP contribution in [0.25, 0.3) is 11.1 Å². The molecule has 2 aromatic rings. The van der Waals surface area contributed by atoms with E-state index in [0.29, 0.717) is 38.2 Å². The maximum atomic E-state index is 12.8. The standard InChI is InChI=1S/C20H22N2O2/c1-2-19(23)21-11-13-22(14-12-21)20(24)18-10-6-9-17(15-18)16-7-4-3-5-8-16/h3-10,15H,2,11-14H2,1H3. The van der Waals surface area contributed by atoms with Crippen molar-refractivity contribution in [2.45, 2.75) is 13.3 Å². The zero-order chi connectivity index (χ0) is 16.9. The summed E-state index contributed by atoms with van der Waals surface area (Å²) in [6.07, 6.45) is 0.521. The second-order valence-corrected chi connectivity index (χ2v) is 5.97. The Labute approximate surface area is 142 Å². The van der Waals surface area contributed by atoms with E-state index in [4.69, 9.17) is 0 Å². The first-order chi connectivity index (χ1) is 11.7. The van der Waals surface area contributed by atoms with Gasteiger partial charge in [-0.1, -0.05) is 49.4 Å². The van der Waals surface area contributed by atoms with E-state index in [9.17, 15) is 9.59 Å². The molecule has 24 heavy (non-hydrogen) atoms. The lowest BCUT2D eigenvalue weighted by molar-refractivity contribution is -0.132. The zero-order valence-electron chi connectivity index (χ0n) is 13.9. The van der Waals surface area contributed by atoms with Crippen LogP contribution in [0.4, 0.5) is 0 Å². The third-order valence-electron chi connectivity index (χ3n) is 4.44. The quantitative estimate of drug-likeness (QED) is 0.871. The Morgan fingerprint density at radius 3 is 2.12 bits per heavy atom. The van der Waals surface area contributed by atoms with Crippen molar-refractivity contribution in [3.8, 4) is 11.1 Å². The molecule has 1 saturated heterocycles. The van der Waals surface area contributed by atoms with Crippen LogP contribution in [-0.2, 0) is 4.79 Å². The predicted octanol–water partition coefficient (Wildman–Crippen LogP) is 3.05. The monoisotopic (exact) mass is 322 g/mol. The summed E-state index contributed by atoms with van der Waals surface area (Å²) in [6, 6.07) is 17.8. The van der Waals surface area contributed by atoms with Gasteiger partial charge in [-0.05, 0) is 23.3 Å². The number of nitrogens with zero attached hydrogens (tertiary/aromatic N) is 2. The molecule has 0 unspecified atom stereocenters. The van der Waals surface area contributed by atoms with Gasteiger partial charge in [0.15, 0.2) is 0 Å². The second kappa shape index (κ2) is 7.30. The SMILES string of the molecule is CCC(=O)N1CCN(C(=O)c2cccc(-c3ccccc3)c2)CC1. The van der Waals surface area contributed by atoms with Gasteiger partial charge in [-0.15, -0.1) is 0 Å². The molecule has 3 rings (SSSR count). The minimum absolute atomic E-state index is 0.0383. The van der Waals surface area contributed by atoms with Crippen molar-refractivity contribution in [3.05, 3.63) is 60.2 Å². The number of rotatable bonds is 3. The molecule has 0 N–H and O–H groups in total. The highest BCUT2D eigenvalue weighted by Gasteiger charge is 2.24. The van der Waals surface area contributed by atoms with E-state index in [-0.39, 0.29) is 11.8 Å². The van der Waals surface area contributed by atoms with Gasteiger partial charge >= 0.3 is 0 Å². The van der Waals surface area contributed by atoms with Gasteiger partial charge in [0, 0.05) is 38.2 Å². The molecule has 124 valence electrons. The van der Waals surface area contributed by atoms with E-state index < -0.39 is 0 Å². The number of amides is 2. The summed E-state index contributed by atoms with van der Waals surface area (Å²) >= 11 is 0. The molecule has 1 aliphatic heterocycles. The lowest BCUT2D eigenvalue weighted by Crippen LogP contribution is -2.50. The average Bonchev–Trinajstić information content (AvgIpc) is 2.67. The van der Waals surface area contributed by atoms with Crippen LogP contribution in [0.5, 0.6) is 0 Å². The molecule has 4 nitrogen and oxygen atoms in total. The Morgan fingerprint density at radius 1 is 0.833 bits per heavy atom. The van der Waals surface area contributed by atoms with Gasteiger partial charge in [0.1, 0.15) is 0 Å². The van der Waals surface area contributed by atoms with Gasteiger partial charge in [0.25, 0.3) is 5.91 Å². The summed E-state index contributed by atoms with van der Waals surface area (Å²) < 4.78 is 0. The summed E-state index contributed by atoms with van der Waals surface area (Å²) in [5, 5.41) is 0. The second-order valence-electron chi connectivity index (χ2n) is 5.97. The molecular weight excluding hydrogens is 300 g/mol. The lowest BCUT2D eigenvalue weighted by atomic mass is 10.0. The summed E-state index contributed by atoms with van der Waals surface area (Å²) in [5.41, 5.74) is 2.85. The minimum Gasteiger partial charge on any atom is -0.339 e. The molecule has 0 saturated carbocycles. The smallest absolute Gasteiger partial charge is 0.253 e. The molecule has 1 fully saturated rings. The summed E-state index contributed by atoms with van der Waals surface area (Å²) in [6.45, 7) is 4.31. The van der Waals surface area contributed by atoms with Gasteiger partial charge in [-0.2, -0.15) is 0 Å². The Balaban J connectivity index is 1.71. The molecule has 4 heteroatoms. The first kappa shape index (κ1) is 16.2. The molecule has 0 aliphatic carbocycles. The number of benzene rings is 2. The van der Waals surface area contributed by atoms with Crippen LogP contribution in [0, 0.1) is 0 Å². The molecular formula is C20H22N2O2. The highest BCUT2D eigenvalue weighted by atomic mass is 16.2. The molecule has 0 bridgehead atoms. The van der Waals surface area contributed by atoms with Crippen LogP contribution < -0.4 is 0 Å². The van der Waals surface area contributed by atoms with Gasteiger partial charge < -0.3 is 9.80 Å². The molecule has 1 heterocycles. The van der Waals surface area contributed by atoms with E-state index in [1.165, 1.54) is 0 Å². The van der Waals surface area contributed by atoms with E-state index in [2.05, 4.69) is 0 Å². The van der Waals surface area contributed by atoms with Gasteiger partial charge in [-0.3, -0.25) is 9.59 Å². The molecule has 2 amide bonds. The lowest BCUT2D eigenvalue weighted by Gasteiger charge is -2.34.